The highest BCUT2D eigenvalue weighted by Crippen LogP contribution is 2.53. The summed E-state index contributed by atoms with van der Waals surface area (Å²) < 4.78 is 5.32. The minimum absolute atomic E-state index is 0.192. The van der Waals surface area contributed by atoms with E-state index in [2.05, 4.69) is 41.3 Å². The molecule has 152 valence electrons. The third-order valence-electron chi connectivity index (χ3n) is 6.19. The molecule has 0 radical (unpaired) electrons. The van der Waals surface area contributed by atoms with E-state index < -0.39 is 5.97 Å². The number of hydrogen-bond donors (Lipinski definition) is 1. The number of carbonyl (C=O) groups is 1. The maximum Gasteiger partial charge on any atom is 0.346 e. The second-order valence-corrected chi connectivity index (χ2v) is 7.81. The van der Waals surface area contributed by atoms with Crippen LogP contribution in [0.2, 0.25) is 0 Å². The van der Waals surface area contributed by atoms with E-state index in [4.69, 9.17) is 10.00 Å². The smallest absolute Gasteiger partial charge is 0.346 e. The predicted molar refractivity (Wildman–Crippen MR) is 119 cm³/mol. The predicted octanol–water partition coefficient (Wildman–Crippen LogP) is 4.90. The number of nitrogens with zero attached hydrogens (tertiary/aromatic N) is 2. The van der Waals surface area contributed by atoms with Crippen molar-refractivity contribution in [2.45, 2.75) is 18.4 Å². The van der Waals surface area contributed by atoms with Crippen molar-refractivity contribution in [2.75, 3.05) is 12.0 Å². The van der Waals surface area contributed by atoms with E-state index in [1.807, 2.05) is 30.3 Å². The molecular weight excluding hydrogens is 388 g/mol. The highest BCUT2D eigenvalue weighted by Gasteiger charge is 2.45. The number of methoxy groups -OCH3 is 1. The zero-order valence-corrected chi connectivity index (χ0v) is 16.9. The van der Waals surface area contributed by atoms with Crippen LogP contribution < -0.4 is 9.64 Å². The van der Waals surface area contributed by atoms with Gasteiger partial charge in [0.2, 0.25) is 0 Å². The van der Waals surface area contributed by atoms with E-state index in [1.165, 1.54) is 17.2 Å². The van der Waals surface area contributed by atoms with Crippen molar-refractivity contribution in [3.63, 3.8) is 0 Å². The van der Waals surface area contributed by atoms with E-state index in [-0.39, 0.29) is 17.5 Å². The van der Waals surface area contributed by atoms with E-state index in [0.717, 1.165) is 34.7 Å². The van der Waals surface area contributed by atoms with Gasteiger partial charge in [-0.25, -0.2) is 4.79 Å². The monoisotopic (exact) mass is 408 g/mol. The van der Waals surface area contributed by atoms with E-state index in [9.17, 15) is 9.90 Å². The molecule has 5 rings (SSSR count). The normalized spacial score (nSPS) is 18.7. The largest absolute Gasteiger partial charge is 0.497 e. The Balaban J connectivity index is 1.66. The van der Waals surface area contributed by atoms with Gasteiger partial charge in [-0.2, -0.15) is 5.26 Å². The summed E-state index contributed by atoms with van der Waals surface area (Å²) in [6.45, 7) is 0. The summed E-state index contributed by atoms with van der Waals surface area (Å²) in [5, 5.41) is 18.4. The first-order valence-corrected chi connectivity index (χ1v) is 10.1. The molecule has 0 saturated heterocycles. The summed E-state index contributed by atoms with van der Waals surface area (Å²) in [6.07, 6.45) is 2.37. The van der Waals surface area contributed by atoms with Crippen molar-refractivity contribution >= 4 is 23.4 Å². The summed E-state index contributed by atoms with van der Waals surface area (Å²) >= 11 is 0. The van der Waals surface area contributed by atoms with Crippen LogP contribution in [0.5, 0.6) is 5.75 Å². The second-order valence-electron chi connectivity index (χ2n) is 7.81. The van der Waals surface area contributed by atoms with Crippen LogP contribution in [0.15, 0.2) is 72.3 Å². The van der Waals surface area contributed by atoms with Crippen molar-refractivity contribution < 1.29 is 14.6 Å². The van der Waals surface area contributed by atoms with Gasteiger partial charge in [0.15, 0.2) is 0 Å². The molecule has 1 heterocycles. The van der Waals surface area contributed by atoms with Crippen molar-refractivity contribution in [1.29, 1.82) is 5.26 Å². The Bertz CT molecular complexity index is 1250. The van der Waals surface area contributed by atoms with Crippen LogP contribution in [0.25, 0.3) is 6.08 Å². The minimum atomic E-state index is -1.22. The van der Waals surface area contributed by atoms with Gasteiger partial charge < -0.3 is 14.7 Å². The van der Waals surface area contributed by atoms with Gasteiger partial charge in [-0.1, -0.05) is 30.3 Å². The number of fused-ring (bicyclic) bond motifs is 5. The van der Waals surface area contributed by atoms with Crippen molar-refractivity contribution in [3.8, 4) is 11.8 Å². The molecule has 0 aromatic heterocycles. The average Bonchev–Trinajstić information content (AvgIpc) is 3.31. The molecule has 2 atom stereocenters. The van der Waals surface area contributed by atoms with Gasteiger partial charge in [-0.15, -0.1) is 0 Å². The average molecular weight is 408 g/mol. The summed E-state index contributed by atoms with van der Waals surface area (Å²) in [4.78, 5) is 13.7. The van der Waals surface area contributed by atoms with Crippen LogP contribution in [0.1, 0.15) is 28.2 Å². The number of ether oxygens (including phenoxy) is 1. The number of nitriles is 1. The van der Waals surface area contributed by atoms with Crippen molar-refractivity contribution in [1.82, 2.24) is 0 Å². The van der Waals surface area contributed by atoms with E-state index in [1.54, 1.807) is 13.2 Å². The first kappa shape index (κ1) is 19.0. The van der Waals surface area contributed by atoms with Crippen molar-refractivity contribution in [3.05, 3.63) is 94.6 Å². The number of rotatable bonds is 4. The molecule has 2 aliphatic rings. The van der Waals surface area contributed by atoms with Gasteiger partial charge in [0.25, 0.3) is 0 Å². The molecule has 1 N–H and O–H groups in total. The van der Waals surface area contributed by atoms with E-state index >= 15 is 0 Å². The van der Waals surface area contributed by atoms with Gasteiger partial charge in [0.05, 0.1) is 7.11 Å². The molecule has 5 nitrogen and oxygen atoms in total. The molecule has 0 saturated carbocycles. The molecule has 1 aliphatic carbocycles. The van der Waals surface area contributed by atoms with Gasteiger partial charge in [0.1, 0.15) is 17.4 Å². The van der Waals surface area contributed by atoms with Gasteiger partial charge in [-0.05, 0) is 71.1 Å². The second kappa shape index (κ2) is 7.33. The lowest BCUT2D eigenvalue weighted by molar-refractivity contribution is -0.132. The summed E-state index contributed by atoms with van der Waals surface area (Å²) in [6, 6.07) is 24.5. The molecule has 3 aromatic carbocycles. The summed E-state index contributed by atoms with van der Waals surface area (Å²) in [5.41, 5.74) is 6.46. The number of aliphatic carboxylic acids is 1. The fourth-order valence-corrected chi connectivity index (χ4v) is 4.88. The maximum atomic E-state index is 11.3. The van der Waals surface area contributed by atoms with Crippen LogP contribution in [-0.4, -0.2) is 24.2 Å². The van der Waals surface area contributed by atoms with E-state index in [0.29, 0.717) is 0 Å². The molecule has 0 spiro atoms. The maximum absolute atomic E-state index is 11.3. The lowest BCUT2D eigenvalue weighted by Gasteiger charge is -2.27. The highest BCUT2D eigenvalue weighted by molar-refractivity contribution is 5.96. The first-order valence-electron chi connectivity index (χ1n) is 10.1. The zero-order valence-electron chi connectivity index (χ0n) is 16.9. The summed E-state index contributed by atoms with van der Waals surface area (Å²) in [7, 11) is 1.66. The Hall–Kier alpha value is -4.04. The number of benzene rings is 3. The Morgan fingerprint density at radius 3 is 2.61 bits per heavy atom. The van der Waals surface area contributed by atoms with Crippen LogP contribution in [-0.2, 0) is 11.2 Å². The third kappa shape index (κ3) is 3.04. The topological polar surface area (TPSA) is 73.6 Å². The molecular formula is C26H20N2O3. The molecule has 0 bridgehead atoms. The van der Waals surface area contributed by atoms with Gasteiger partial charge >= 0.3 is 5.97 Å². The SMILES string of the molecule is COc1ccc(N2c3ccc(/C=C(\C#N)C(=O)O)cc3C3c4ccccc4CC32)cc1. The minimum Gasteiger partial charge on any atom is -0.497 e. The van der Waals surface area contributed by atoms with Crippen LogP contribution >= 0.6 is 0 Å². The zero-order chi connectivity index (χ0) is 21.5. The lowest BCUT2D eigenvalue weighted by Crippen LogP contribution is -2.28. The molecule has 31 heavy (non-hydrogen) atoms. The van der Waals surface area contributed by atoms with Gasteiger partial charge in [0, 0.05) is 23.3 Å². The molecule has 5 heteroatoms. The Labute approximate surface area is 180 Å². The van der Waals surface area contributed by atoms with Crippen molar-refractivity contribution in [2.24, 2.45) is 0 Å². The molecule has 2 unspecified atom stereocenters. The molecule has 1 aliphatic heterocycles. The number of anilines is 2. The number of carboxylic acid groups (broad SMARTS) is 1. The standard InChI is InChI=1S/C26H20N2O3/c1-31-20-9-7-19(8-10-20)28-23-11-6-16(12-18(15-27)26(29)30)13-22(23)25-21-5-3-2-4-17(21)14-24(25)28/h2-13,24-25H,14H2,1H3,(H,29,30)/b18-12+. The Morgan fingerprint density at radius 1 is 1.13 bits per heavy atom. The fourth-order valence-electron chi connectivity index (χ4n) is 4.88. The number of hydrogen-bond acceptors (Lipinski definition) is 4. The lowest BCUT2D eigenvalue weighted by atomic mass is 9.91. The first-order chi connectivity index (χ1) is 15.1. The number of carboxylic acids is 1. The molecule has 0 fully saturated rings. The third-order valence-corrected chi connectivity index (χ3v) is 6.19. The summed E-state index contributed by atoms with van der Waals surface area (Å²) in [5.74, 6) is -0.212. The van der Waals surface area contributed by atoms with Crippen LogP contribution in [0.4, 0.5) is 11.4 Å². The Kier molecular flexibility index (Phi) is 4.48. The highest BCUT2D eigenvalue weighted by atomic mass is 16.5. The molecule has 0 amide bonds. The Morgan fingerprint density at radius 2 is 1.90 bits per heavy atom. The van der Waals surface area contributed by atoms with Crippen LogP contribution in [0.3, 0.4) is 0 Å². The van der Waals surface area contributed by atoms with Crippen LogP contribution in [0, 0.1) is 11.3 Å². The molecule has 3 aromatic rings. The fraction of sp³-hybridized carbons (Fsp3) is 0.154. The quantitative estimate of drug-likeness (QED) is 0.491. The van der Waals surface area contributed by atoms with Gasteiger partial charge in [-0.3, -0.25) is 0 Å².